The van der Waals surface area contributed by atoms with E-state index in [1.165, 1.54) is 18.5 Å². The number of hydrogen-bond acceptors (Lipinski definition) is 6. The summed E-state index contributed by atoms with van der Waals surface area (Å²) in [5.41, 5.74) is 1.94. The van der Waals surface area contributed by atoms with Crippen LogP contribution in [0.1, 0.15) is 5.69 Å². The summed E-state index contributed by atoms with van der Waals surface area (Å²) >= 11 is 0. The summed E-state index contributed by atoms with van der Waals surface area (Å²) in [6.45, 7) is 2.28. The molecule has 7 nitrogen and oxygen atoms in total. The number of hydrogen-bond donors (Lipinski definition) is 1. The van der Waals surface area contributed by atoms with Crippen molar-refractivity contribution in [3.63, 3.8) is 0 Å². The molecule has 126 valence electrons. The predicted octanol–water partition coefficient (Wildman–Crippen LogP) is 2.29. The number of ether oxygens (including phenoxy) is 2. The Balaban J connectivity index is 2.02. The third kappa shape index (κ3) is 3.06. The zero-order valence-electron chi connectivity index (χ0n) is 13.7. The molecule has 0 bridgehead atoms. The molecule has 1 aromatic carbocycles. The molecule has 0 aliphatic carbocycles. The molecule has 0 atom stereocenters. The van der Waals surface area contributed by atoms with Gasteiger partial charge in [0, 0.05) is 14.2 Å². The van der Waals surface area contributed by atoms with Crippen molar-refractivity contribution in [2.24, 2.45) is 0 Å². The van der Waals surface area contributed by atoms with E-state index >= 15 is 0 Å². The van der Waals surface area contributed by atoms with Gasteiger partial charge in [0.25, 0.3) is 0 Å². The lowest BCUT2D eigenvalue weighted by Crippen LogP contribution is -2.24. The van der Waals surface area contributed by atoms with Crippen LogP contribution in [0.25, 0.3) is 16.7 Å². The Kier molecular flexibility index (Phi) is 4.68. The highest BCUT2D eigenvalue weighted by atomic mass is 19.1. The molecule has 3 rings (SSSR count). The van der Waals surface area contributed by atoms with Crippen molar-refractivity contribution < 1.29 is 13.9 Å². The molecule has 0 saturated carbocycles. The molecule has 24 heavy (non-hydrogen) atoms. The Bertz CT molecular complexity index is 848. The van der Waals surface area contributed by atoms with Gasteiger partial charge in [-0.15, -0.1) is 0 Å². The van der Waals surface area contributed by atoms with Crippen LogP contribution in [0.3, 0.4) is 0 Å². The monoisotopic (exact) mass is 331 g/mol. The van der Waals surface area contributed by atoms with Crippen LogP contribution in [0, 0.1) is 12.7 Å². The van der Waals surface area contributed by atoms with Crippen LogP contribution in [-0.2, 0) is 9.47 Å². The zero-order valence-corrected chi connectivity index (χ0v) is 13.7. The molecular formula is C16H18FN5O2. The van der Waals surface area contributed by atoms with Crippen LogP contribution < -0.4 is 5.32 Å². The summed E-state index contributed by atoms with van der Waals surface area (Å²) in [6, 6.07) is 6.21. The zero-order chi connectivity index (χ0) is 17.1. The van der Waals surface area contributed by atoms with Gasteiger partial charge in [0.2, 0.25) is 0 Å². The third-order valence-electron chi connectivity index (χ3n) is 3.65. The number of aryl methyl sites for hydroxylation is 1. The van der Waals surface area contributed by atoms with Crippen molar-refractivity contribution in [1.82, 2.24) is 19.7 Å². The van der Waals surface area contributed by atoms with Crippen molar-refractivity contribution in [2.75, 3.05) is 26.1 Å². The molecule has 0 spiro atoms. The van der Waals surface area contributed by atoms with Crippen molar-refractivity contribution in [3.8, 4) is 5.69 Å². The second kappa shape index (κ2) is 6.90. The molecular weight excluding hydrogens is 313 g/mol. The van der Waals surface area contributed by atoms with Gasteiger partial charge in [-0.3, -0.25) is 0 Å². The molecule has 2 aromatic heterocycles. The summed E-state index contributed by atoms with van der Waals surface area (Å²) in [6.07, 6.45) is 1.05. The smallest absolute Gasteiger partial charge is 0.173 e. The van der Waals surface area contributed by atoms with Crippen LogP contribution in [-0.4, -0.2) is 46.8 Å². The minimum absolute atomic E-state index is 0.329. The first-order valence-corrected chi connectivity index (χ1v) is 7.39. The lowest BCUT2D eigenvalue weighted by atomic mass is 10.3. The van der Waals surface area contributed by atoms with E-state index in [0.717, 1.165) is 11.1 Å². The maximum atomic E-state index is 13.5. The van der Waals surface area contributed by atoms with Crippen LogP contribution in [0.2, 0.25) is 0 Å². The van der Waals surface area contributed by atoms with Crippen LogP contribution in [0.5, 0.6) is 0 Å². The van der Waals surface area contributed by atoms with Crippen LogP contribution >= 0.6 is 0 Å². The number of nitrogens with one attached hydrogen (secondary N) is 1. The van der Waals surface area contributed by atoms with Gasteiger partial charge in [-0.25, -0.2) is 19.0 Å². The van der Waals surface area contributed by atoms with Gasteiger partial charge in [0.1, 0.15) is 18.0 Å². The maximum absolute atomic E-state index is 13.5. The molecule has 1 N–H and O–H groups in total. The standard InChI is InChI=1S/C16H18FN5O2/c1-10-14-15(18-8-13(23-2)24-3)19-9-20-16(14)22(21-10)12-6-4-5-11(17)7-12/h4-7,9,13H,8H2,1-3H3,(H,18,19,20). The predicted molar refractivity (Wildman–Crippen MR) is 87.7 cm³/mol. The van der Waals surface area contributed by atoms with Gasteiger partial charge >= 0.3 is 0 Å². The average molecular weight is 331 g/mol. The number of benzene rings is 1. The highest BCUT2D eigenvalue weighted by Crippen LogP contribution is 2.25. The molecule has 0 fully saturated rings. The topological polar surface area (TPSA) is 74.1 Å². The number of aromatic nitrogens is 4. The molecule has 0 saturated heterocycles. The molecule has 0 radical (unpaired) electrons. The van der Waals surface area contributed by atoms with Crippen LogP contribution in [0.4, 0.5) is 10.2 Å². The van der Waals surface area contributed by atoms with E-state index in [4.69, 9.17) is 9.47 Å². The van der Waals surface area contributed by atoms with Gasteiger partial charge in [0.05, 0.1) is 23.3 Å². The number of halogens is 1. The van der Waals surface area contributed by atoms with E-state index in [1.54, 1.807) is 31.0 Å². The fraction of sp³-hybridized carbons (Fsp3) is 0.312. The fourth-order valence-corrected chi connectivity index (χ4v) is 2.48. The highest BCUT2D eigenvalue weighted by molar-refractivity contribution is 5.90. The Hall–Kier alpha value is -2.58. The van der Waals surface area contributed by atoms with Crippen molar-refractivity contribution in [1.29, 1.82) is 0 Å². The summed E-state index contributed by atoms with van der Waals surface area (Å²) in [5.74, 6) is 0.295. The molecule has 3 aromatic rings. The molecule has 0 aliphatic rings. The van der Waals surface area contributed by atoms with Gasteiger partial charge in [-0.05, 0) is 25.1 Å². The summed E-state index contributed by atoms with van der Waals surface area (Å²) in [5, 5.41) is 8.42. The Morgan fingerprint density at radius 3 is 2.75 bits per heavy atom. The van der Waals surface area contributed by atoms with E-state index in [9.17, 15) is 4.39 Å². The molecule has 0 aliphatic heterocycles. The second-order valence-corrected chi connectivity index (χ2v) is 5.18. The lowest BCUT2D eigenvalue weighted by Gasteiger charge is -2.14. The number of anilines is 1. The number of rotatable bonds is 6. The highest BCUT2D eigenvalue weighted by Gasteiger charge is 2.16. The van der Waals surface area contributed by atoms with E-state index in [2.05, 4.69) is 20.4 Å². The minimum Gasteiger partial charge on any atom is -0.364 e. The molecule has 0 amide bonds. The van der Waals surface area contributed by atoms with Gasteiger partial charge < -0.3 is 14.8 Å². The molecule has 8 heteroatoms. The fourth-order valence-electron chi connectivity index (χ4n) is 2.48. The van der Waals surface area contributed by atoms with Crippen molar-refractivity contribution >= 4 is 16.9 Å². The largest absolute Gasteiger partial charge is 0.364 e. The van der Waals surface area contributed by atoms with E-state index in [-0.39, 0.29) is 5.82 Å². The van der Waals surface area contributed by atoms with Crippen molar-refractivity contribution in [2.45, 2.75) is 13.2 Å². The number of fused-ring (bicyclic) bond motifs is 1. The lowest BCUT2D eigenvalue weighted by molar-refractivity contribution is -0.0914. The normalized spacial score (nSPS) is 11.4. The number of nitrogens with zero attached hydrogens (tertiary/aromatic N) is 4. The number of methoxy groups -OCH3 is 2. The average Bonchev–Trinajstić information content (AvgIpc) is 2.94. The Morgan fingerprint density at radius 2 is 2.04 bits per heavy atom. The quantitative estimate of drug-likeness (QED) is 0.699. The SMILES string of the molecule is COC(CNc1ncnc2c1c(C)nn2-c1cccc(F)c1)OC. The summed E-state index contributed by atoms with van der Waals surface area (Å²) in [7, 11) is 3.14. The van der Waals surface area contributed by atoms with E-state index in [1.807, 2.05) is 6.92 Å². The maximum Gasteiger partial charge on any atom is 0.173 e. The molecule has 0 unspecified atom stereocenters. The summed E-state index contributed by atoms with van der Waals surface area (Å²) in [4.78, 5) is 8.57. The van der Waals surface area contributed by atoms with E-state index < -0.39 is 6.29 Å². The first kappa shape index (κ1) is 16.3. The molecule has 2 heterocycles. The Morgan fingerprint density at radius 1 is 1.25 bits per heavy atom. The third-order valence-corrected chi connectivity index (χ3v) is 3.65. The van der Waals surface area contributed by atoms with Gasteiger partial charge in [0.15, 0.2) is 11.9 Å². The first-order chi connectivity index (χ1) is 11.6. The van der Waals surface area contributed by atoms with Crippen LogP contribution in [0.15, 0.2) is 30.6 Å². The van der Waals surface area contributed by atoms with E-state index in [0.29, 0.717) is 23.7 Å². The minimum atomic E-state index is -0.395. The Labute approximate surface area is 138 Å². The second-order valence-electron chi connectivity index (χ2n) is 5.18. The summed E-state index contributed by atoms with van der Waals surface area (Å²) < 4.78 is 25.4. The van der Waals surface area contributed by atoms with Gasteiger partial charge in [-0.2, -0.15) is 5.10 Å². The first-order valence-electron chi connectivity index (χ1n) is 7.39. The van der Waals surface area contributed by atoms with Crippen molar-refractivity contribution in [3.05, 3.63) is 42.1 Å². The van der Waals surface area contributed by atoms with Gasteiger partial charge in [-0.1, -0.05) is 6.07 Å².